The Morgan fingerprint density at radius 3 is 2.20 bits per heavy atom. The molecule has 0 radical (unpaired) electrons. The lowest BCUT2D eigenvalue weighted by molar-refractivity contribution is 0.237. The highest BCUT2D eigenvalue weighted by molar-refractivity contribution is 6.44. The van der Waals surface area contributed by atoms with Gasteiger partial charge >= 0.3 is 0 Å². The Bertz CT molecular complexity index is 89.6. The first-order valence-electron chi connectivity index (χ1n) is 3.79. The lowest BCUT2D eigenvalue weighted by Crippen LogP contribution is -2.33. The average Bonchev–Trinajstić information content (AvgIpc) is 1.88. The number of likely N-dealkylation sites (tertiary alicyclic amines) is 1. The molecule has 1 aliphatic rings. The Labute approximate surface area is 72.3 Å². The van der Waals surface area contributed by atoms with Crippen molar-refractivity contribution in [2.45, 2.75) is 24.1 Å². The third kappa shape index (κ3) is 3.09. The fourth-order valence-corrected chi connectivity index (χ4v) is 1.73. The predicted molar refractivity (Wildman–Crippen MR) is 45.8 cm³/mol. The maximum absolute atomic E-state index is 5.63. The Hall–Kier alpha value is 0.540. The molecule has 0 saturated carbocycles. The molecule has 0 spiro atoms. The first-order chi connectivity index (χ1) is 4.79. The van der Waals surface area contributed by atoms with Crippen molar-refractivity contribution in [1.82, 2.24) is 4.90 Å². The molecule has 1 rings (SSSR count). The summed E-state index contributed by atoms with van der Waals surface area (Å²) in [7, 11) is 0. The summed E-state index contributed by atoms with van der Waals surface area (Å²) in [4.78, 5) is 2.12. The summed E-state index contributed by atoms with van der Waals surface area (Å²) in [5.74, 6) is 0. The van der Waals surface area contributed by atoms with Gasteiger partial charge in [0.05, 0.1) is 0 Å². The summed E-state index contributed by atoms with van der Waals surface area (Å²) in [5.41, 5.74) is 0. The monoisotopic (exact) mass is 181 g/mol. The lowest BCUT2D eigenvalue weighted by Gasteiger charge is -2.26. The van der Waals surface area contributed by atoms with E-state index in [9.17, 15) is 0 Å². The highest BCUT2D eigenvalue weighted by atomic mass is 35.5. The Morgan fingerprint density at radius 2 is 1.70 bits per heavy atom. The second kappa shape index (κ2) is 4.42. The van der Waals surface area contributed by atoms with Crippen molar-refractivity contribution in [2.75, 3.05) is 19.6 Å². The van der Waals surface area contributed by atoms with Crippen molar-refractivity contribution in [3.05, 3.63) is 0 Å². The average molecular weight is 182 g/mol. The van der Waals surface area contributed by atoms with Gasteiger partial charge in [-0.25, -0.2) is 0 Å². The molecule has 0 unspecified atom stereocenters. The van der Waals surface area contributed by atoms with E-state index in [1.165, 1.54) is 32.4 Å². The second-order valence-corrected chi connectivity index (χ2v) is 4.03. The van der Waals surface area contributed by atoms with Crippen LogP contribution in [0.2, 0.25) is 0 Å². The highest BCUT2D eigenvalue weighted by Crippen LogP contribution is 2.11. The van der Waals surface area contributed by atoms with E-state index in [1.54, 1.807) is 0 Å². The van der Waals surface area contributed by atoms with Crippen molar-refractivity contribution in [2.24, 2.45) is 0 Å². The zero-order valence-electron chi connectivity index (χ0n) is 6.02. The summed E-state index contributed by atoms with van der Waals surface area (Å²) in [6.45, 7) is 3.19. The Kier molecular flexibility index (Phi) is 3.82. The number of hydrogen-bond donors (Lipinski definition) is 0. The largest absolute Gasteiger partial charge is 0.301 e. The molecule has 1 saturated heterocycles. The molecule has 60 valence electrons. The van der Waals surface area contributed by atoms with Gasteiger partial charge in [-0.05, 0) is 25.9 Å². The molecule has 3 heteroatoms. The summed E-state index contributed by atoms with van der Waals surface area (Å²) in [6, 6.07) is 0. The fourth-order valence-electron chi connectivity index (χ4n) is 1.34. The molecule has 0 N–H and O–H groups in total. The van der Waals surface area contributed by atoms with Crippen molar-refractivity contribution in [1.29, 1.82) is 0 Å². The zero-order chi connectivity index (χ0) is 7.40. The molecule has 1 fully saturated rings. The van der Waals surface area contributed by atoms with Gasteiger partial charge in [0.2, 0.25) is 0 Å². The van der Waals surface area contributed by atoms with Crippen LogP contribution in [-0.4, -0.2) is 29.4 Å². The fraction of sp³-hybridized carbons (Fsp3) is 1.00. The summed E-state index contributed by atoms with van der Waals surface area (Å²) in [5, 5.41) is 0. The molecule has 0 aromatic heterocycles. The van der Waals surface area contributed by atoms with E-state index in [0.29, 0.717) is 0 Å². The topological polar surface area (TPSA) is 3.24 Å². The summed E-state index contributed by atoms with van der Waals surface area (Å²) >= 11 is 11.3. The number of alkyl halides is 2. The van der Waals surface area contributed by atoms with Gasteiger partial charge in [0.25, 0.3) is 0 Å². The van der Waals surface area contributed by atoms with Gasteiger partial charge in [0, 0.05) is 6.54 Å². The van der Waals surface area contributed by atoms with Gasteiger partial charge in [-0.1, -0.05) is 6.42 Å². The second-order valence-electron chi connectivity index (χ2n) is 2.75. The SMILES string of the molecule is ClC(Cl)CN1CCCCC1. The third-order valence-corrected chi connectivity index (χ3v) is 2.12. The van der Waals surface area contributed by atoms with E-state index in [1.807, 2.05) is 0 Å². The molecule has 10 heavy (non-hydrogen) atoms. The lowest BCUT2D eigenvalue weighted by atomic mass is 10.1. The van der Waals surface area contributed by atoms with E-state index in [4.69, 9.17) is 23.2 Å². The molecule has 0 aromatic carbocycles. The molecule has 0 atom stereocenters. The van der Waals surface area contributed by atoms with Gasteiger partial charge in [-0.3, -0.25) is 0 Å². The van der Waals surface area contributed by atoms with Gasteiger partial charge < -0.3 is 4.90 Å². The van der Waals surface area contributed by atoms with Crippen LogP contribution in [0, 0.1) is 0 Å². The quantitative estimate of drug-likeness (QED) is 0.592. The highest BCUT2D eigenvalue weighted by Gasteiger charge is 2.11. The van der Waals surface area contributed by atoms with Gasteiger partial charge in [-0.15, -0.1) is 23.2 Å². The van der Waals surface area contributed by atoms with E-state index in [0.717, 1.165) is 6.54 Å². The maximum atomic E-state index is 5.63. The van der Waals surface area contributed by atoms with Gasteiger partial charge in [-0.2, -0.15) is 0 Å². The number of halogens is 2. The number of nitrogens with zero attached hydrogens (tertiary/aromatic N) is 1. The minimum atomic E-state index is -0.210. The zero-order valence-corrected chi connectivity index (χ0v) is 7.53. The standard InChI is InChI=1S/C7H13Cl2N/c8-7(9)6-10-4-2-1-3-5-10/h7H,1-6H2. The first-order valence-corrected chi connectivity index (χ1v) is 4.67. The molecule has 1 aliphatic heterocycles. The minimum Gasteiger partial charge on any atom is -0.301 e. The van der Waals surface area contributed by atoms with Gasteiger partial charge in [0.1, 0.15) is 4.84 Å². The summed E-state index contributed by atoms with van der Waals surface area (Å²) < 4.78 is 0. The minimum absolute atomic E-state index is 0.210. The van der Waals surface area contributed by atoms with Crippen LogP contribution >= 0.6 is 23.2 Å². The molecule has 0 aromatic rings. The smallest absolute Gasteiger partial charge is 0.120 e. The molecule has 1 heterocycles. The van der Waals surface area contributed by atoms with E-state index < -0.39 is 0 Å². The molecule has 0 amide bonds. The molecule has 0 aliphatic carbocycles. The van der Waals surface area contributed by atoms with Crippen molar-refractivity contribution < 1.29 is 0 Å². The summed E-state index contributed by atoms with van der Waals surface area (Å²) in [6.07, 6.45) is 3.98. The van der Waals surface area contributed by atoms with Crippen LogP contribution in [-0.2, 0) is 0 Å². The van der Waals surface area contributed by atoms with Crippen LogP contribution in [0.15, 0.2) is 0 Å². The van der Waals surface area contributed by atoms with Crippen molar-refractivity contribution in [3.63, 3.8) is 0 Å². The molecular weight excluding hydrogens is 169 g/mol. The van der Waals surface area contributed by atoms with E-state index in [-0.39, 0.29) is 4.84 Å². The Morgan fingerprint density at radius 1 is 1.10 bits per heavy atom. The van der Waals surface area contributed by atoms with Crippen LogP contribution in [0.5, 0.6) is 0 Å². The van der Waals surface area contributed by atoms with E-state index in [2.05, 4.69) is 4.90 Å². The molecular formula is C7H13Cl2N. The van der Waals surface area contributed by atoms with Crippen molar-refractivity contribution in [3.8, 4) is 0 Å². The maximum Gasteiger partial charge on any atom is 0.120 e. The van der Waals surface area contributed by atoms with Crippen LogP contribution < -0.4 is 0 Å². The first kappa shape index (κ1) is 8.63. The molecule has 1 nitrogen and oxygen atoms in total. The van der Waals surface area contributed by atoms with E-state index >= 15 is 0 Å². The third-order valence-electron chi connectivity index (χ3n) is 1.84. The van der Waals surface area contributed by atoms with Crippen LogP contribution in [0.25, 0.3) is 0 Å². The van der Waals surface area contributed by atoms with Crippen LogP contribution in [0.1, 0.15) is 19.3 Å². The Balaban J connectivity index is 2.13. The number of rotatable bonds is 2. The van der Waals surface area contributed by atoms with Crippen LogP contribution in [0.4, 0.5) is 0 Å². The predicted octanol–water partition coefficient (Wildman–Crippen LogP) is 2.28. The number of hydrogen-bond acceptors (Lipinski definition) is 1. The van der Waals surface area contributed by atoms with Crippen molar-refractivity contribution >= 4 is 23.2 Å². The van der Waals surface area contributed by atoms with Crippen LogP contribution in [0.3, 0.4) is 0 Å². The van der Waals surface area contributed by atoms with Gasteiger partial charge in [0.15, 0.2) is 0 Å². The normalized spacial score (nSPS) is 21.9. The number of piperidine rings is 1. The molecule has 0 bridgehead atoms.